The first-order valence-corrected chi connectivity index (χ1v) is 8.26. The Kier molecular flexibility index (Phi) is 5.41. The highest BCUT2D eigenvalue weighted by atomic mass is 16.5. The Balaban J connectivity index is 1.92. The third kappa shape index (κ3) is 3.55. The van der Waals surface area contributed by atoms with Crippen LogP contribution in [0.4, 0.5) is 0 Å². The fourth-order valence-corrected chi connectivity index (χ4v) is 3.43. The highest BCUT2D eigenvalue weighted by Gasteiger charge is 2.32. The Morgan fingerprint density at radius 2 is 1.71 bits per heavy atom. The van der Waals surface area contributed by atoms with Gasteiger partial charge in [-0.25, -0.2) is 0 Å². The van der Waals surface area contributed by atoms with Gasteiger partial charge in [-0.15, -0.1) is 0 Å². The van der Waals surface area contributed by atoms with E-state index in [1.807, 2.05) is 60.7 Å². The molecule has 2 unspecified atom stereocenters. The number of hydrogen-bond donors (Lipinski definition) is 3. The van der Waals surface area contributed by atoms with Crippen LogP contribution >= 0.6 is 0 Å². The van der Waals surface area contributed by atoms with Crippen molar-refractivity contribution in [3.05, 3.63) is 77.4 Å². The van der Waals surface area contributed by atoms with Gasteiger partial charge in [-0.2, -0.15) is 5.48 Å². The van der Waals surface area contributed by atoms with Gasteiger partial charge < -0.3 is 10.4 Å². The summed E-state index contributed by atoms with van der Waals surface area (Å²) in [7, 11) is 0. The first-order chi connectivity index (χ1) is 11.8. The molecule has 1 aliphatic rings. The summed E-state index contributed by atoms with van der Waals surface area (Å²) in [5, 5.41) is 23.0. The molecule has 1 aliphatic carbocycles. The number of nitrogens with zero attached hydrogens (tertiary/aromatic N) is 1. The highest BCUT2D eigenvalue weighted by Crippen LogP contribution is 2.35. The molecular formula is C20H22N2O2. The minimum atomic E-state index is -0.295. The first-order valence-electron chi connectivity index (χ1n) is 8.26. The maximum Gasteiger partial charge on any atom is 0.0878 e. The van der Waals surface area contributed by atoms with Crippen LogP contribution in [0.5, 0.6) is 0 Å². The molecule has 2 aromatic rings. The molecule has 0 aromatic heterocycles. The summed E-state index contributed by atoms with van der Waals surface area (Å²) in [5.41, 5.74) is 6.16. The minimum Gasteiger partial charge on any atom is -0.411 e. The van der Waals surface area contributed by atoms with Gasteiger partial charge in [0.2, 0.25) is 0 Å². The summed E-state index contributed by atoms with van der Waals surface area (Å²) in [4.78, 5) is 0. The van der Waals surface area contributed by atoms with E-state index in [1.165, 1.54) is 0 Å². The lowest BCUT2D eigenvalue weighted by Gasteiger charge is -2.31. The van der Waals surface area contributed by atoms with Crippen LogP contribution < -0.4 is 5.48 Å². The van der Waals surface area contributed by atoms with E-state index in [1.54, 1.807) is 0 Å². The Morgan fingerprint density at radius 1 is 1.04 bits per heavy atom. The van der Waals surface area contributed by atoms with Crippen molar-refractivity contribution in [2.24, 2.45) is 11.1 Å². The third-order valence-corrected chi connectivity index (χ3v) is 4.59. The number of oxime groups is 1. The average Bonchev–Trinajstić information content (AvgIpc) is 2.64. The van der Waals surface area contributed by atoms with Crippen LogP contribution in [0.3, 0.4) is 0 Å². The summed E-state index contributed by atoms with van der Waals surface area (Å²) >= 11 is 0. The molecule has 124 valence electrons. The van der Waals surface area contributed by atoms with Crippen molar-refractivity contribution in [2.45, 2.75) is 25.3 Å². The maximum absolute atomic E-state index is 9.71. The molecule has 0 radical (unpaired) electrons. The molecule has 0 amide bonds. The zero-order chi connectivity index (χ0) is 16.8. The van der Waals surface area contributed by atoms with E-state index in [2.05, 4.69) is 16.7 Å². The van der Waals surface area contributed by atoms with Gasteiger partial charge in [0.1, 0.15) is 0 Å². The van der Waals surface area contributed by atoms with E-state index >= 15 is 0 Å². The zero-order valence-electron chi connectivity index (χ0n) is 13.5. The lowest BCUT2D eigenvalue weighted by molar-refractivity contribution is 0.106. The van der Waals surface area contributed by atoms with Gasteiger partial charge >= 0.3 is 0 Å². The van der Waals surface area contributed by atoms with Crippen molar-refractivity contribution in [3.8, 4) is 0 Å². The van der Waals surface area contributed by atoms with E-state index in [-0.39, 0.29) is 12.0 Å². The van der Waals surface area contributed by atoms with E-state index in [9.17, 15) is 10.4 Å². The molecule has 24 heavy (non-hydrogen) atoms. The van der Waals surface area contributed by atoms with Gasteiger partial charge in [-0.05, 0) is 42.0 Å². The monoisotopic (exact) mass is 322 g/mol. The van der Waals surface area contributed by atoms with Crippen LogP contribution in [0, 0.1) is 5.92 Å². The van der Waals surface area contributed by atoms with Crippen LogP contribution in [-0.4, -0.2) is 16.1 Å². The summed E-state index contributed by atoms with van der Waals surface area (Å²) in [5.74, 6) is -0.0777. The molecule has 0 aliphatic heterocycles. The molecule has 1 fully saturated rings. The second-order valence-corrected chi connectivity index (χ2v) is 6.08. The standard InChI is InChI=1S/C20H22N2O2/c23-21-19(16-10-5-2-6-11-16)18-13-7-12-17(20(18)22-24)14-15-8-3-1-4-9-15/h1-6,8-11,14,18-19,21,23-24H,7,12-13H2/b17-14+,22-20-. The Hall–Kier alpha value is -2.43. The van der Waals surface area contributed by atoms with Crippen LogP contribution in [-0.2, 0) is 0 Å². The molecule has 4 heteroatoms. The molecule has 0 bridgehead atoms. The smallest absolute Gasteiger partial charge is 0.0878 e. The number of hydrogen-bond acceptors (Lipinski definition) is 4. The fraction of sp³-hybridized carbons (Fsp3) is 0.250. The van der Waals surface area contributed by atoms with Crippen LogP contribution in [0.2, 0.25) is 0 Å². The molecule has 2 aromatic carbocycles. The van der Waals surface area contributed by atoms with Gasteiger partial charge in [-0.3, -0.25) is 0 Å². The van der Waals surface area contributed by atoms with E-state index in [0.29, 0.717) is 5.71 Å². The summed E-state index contributed by atoms with van der Waals surface area (Å²) in [6.45, 7) is 0. The van der Waals surface area contributed by atoms with Crippen molar-refractivity contribution in [2.75, 3.05) is 0 Å². The minimum absolute atomic E-state index is 0.0777. The molecule has 2 atom stereocenters. The largest absolute Gasteiger partial charge is 0.411 e. The van der Waals surface area contributed by atoms with E-state index < -0.39 is 0 Å². The molecule has 3 rings (SSSR count). The predicted octanol–water partition coefficient (Wildman–Crippen LogP) is 4.42. The lowest BCUT2D eigenvalue weighted by Crippen LogP contribution is -2.34. The summed E-state index contributed by atoms with van der Waals surface area (Å²) < 4.78 is 0. The fourth-order valence-electron chi connectivity index (χ4n) is 3.43. The zero-order valence-corrected chi connectivity index (χ0v) is 13.5. The van der Waals surface area contributed by atoms with Crippen molar-refractivity contribution in [3.63, 3.8) is 0 Å². The Morgan fingerprint density at radius 3 is 2.33 bits per heavy atom. The molecular weight excluding hydrogens is 300 g/mol. The van der Waals surface area contributed by atoms with E-state index in [0.717, 1.165) is 36.0 Å². The van der Waals surface area contributed by atoms with Crippen LogP contribution in [0.15, 0.2) is 71.4 Å². The number of allylic oxidation sites excluding steroid dienone is 1. The van der Waals surface area contributed by atoms with Gasteiger partial charge in [0.05, 0.1) is 11.8 Å². The quantitative estimate of drug-likeness (QED) is 0.576. The van der Waals surface area contributed by atoms with Crippen molar-refractivity contribution >= 4 is 11.8 Å². The average molecular weight is 322 g/mol. The SMILES string of the molecule is O/N=C1/C(=C/c2ccccc2)CCCC1C(NO)c1ccccc1. The van der Waals surface area contributed by atoms with Crippen molar-refractivity contribution < 1.29 is 10.4 Å². The second kappa shape index (κ2) is 7.90. The normalized spacial score (nSPS) is 22.6. The number of hydroxylamine groups is 1. The number of rotatable bonds is 4. The topological polar surface area (TPSA) is 64.9 Å². The molecule has 0 heterocycles. The van der Waals surface area contributed by atoms with Gasteiger partial charge in [0.15, 0.2) is 0 Å². The number of benzene rings is 2. The molecule has 4 nitrogen and oxygen atoms in total. The van der Waals surface area contributed by atoms with E-state index in [4.69, 9.17) is 0 Å². The van der Waals surface area contributed by atoms with Crippen LogP contribution in [0.25, 0.3) is 6.08 Å². The predicted molar refractivity (Wildman–Crippen MR) is 95.1 cm³/mol. The lowest BCUT2D eigenvalue weighted by atomic mass is 9.77. The summed E-state index contributed by atoms with van der Waals surface area (Å²) in [6, 6.07) is 19.5. The number of nitrogens with one attached hydrogen (secondary N) is 1. The molecule has 3 N–H and O–H groups in total. The van der Waals surface area contributed by atoms with Crippen molar-refractivity contribution in [1.29, 1.82) is 0 Å². The maximum atomic E-state index is 9.71. The first kappa shape index (κ1) is 16.4. The molecule has 0 saturated heterocycles. The van der Waals surface area contributed by atoms with Gasteiger partial charge in [0.25, 0.3) is 0 Å². The Bertz CT molecular complexity index is 711. The third-order valence-electron chi connectivity index (χ3n) is 4.59. The summed E-state index contributed by atoms with van der Waals surface area (Å²) in [6.07, 6.45) is 4.80. The van der Waals surface area contributed by atoms with Gasteiger partial charge in [-0.1, -0.05) is 65.8 Å². The highest BCUT2D eigenvalue weighted by molar-refractivity contribution is 6.05. The van der Waals surface area contributed by atoms with Crippen LogP contribution in [0.1, 0.15) is 36.4 Å². The Labute approximate surface area is 142 Å². The molecule has 0 spiro atoms. The van der Waals surface area contributed by atoms with Crippen molar-refractivity contribution in [1.82, 2.24) is 5.48 Å². The molecule has 1 saturated carbocycles. The second-order valence-electron chi connectivity index (χ2n) is 6.08. The van der Waals surface area contributed by atoms with Gasteiger partial charge in [0, 0.05) is 5.92 Å².